The molecule has 2 aromatic heterocycles. The van der Waals surface area contributed by atoms with Crippen molar-refractivity contribution in [3.8, 4) is 0 Å². The van der Waals surface area contributed by atoms with Crippen LogP contribution in [0.15, 0.2) is 77.6 Å². The van der Waals surface area contributed by atoms with Crippen LogP contribution >= 0.6 is 22.7 Å². The van der Waals surface area contributed by atoms with Crippen LogP contribution in [-0.2, 0) is 40.3 Å². The highest BCUT2D eigenvalue weighted by molar-refractivity contribution is 7.09. The van der Waals surface area contributed by atoms with Gasteiger partial charge in [-0.2, -0.15) is 0 Å². The number of ether oxygens (including phenoxy) is 2. The van der Waals surface area contributed by atoms with E-state index < -0.39 is 18.2 Å². The topological polar surface area (TPSA) is 135 Å². The maximum atomic E-state index is 14.0. The van der Waals surface area contributed by atoms with E-state index in [1.807, 2.05) is 85.3 Å². The highest BCUT2D eigenvalue weighted by Gasteiger charge is 2.27. The van der Waals surface area contributed by atoms with Crippen LogP contribution in [0.3, 0.4) is 0 Å². The number of carbonyl (C=O) groups excluding carboxylic acids is 3. The SMILES string of the molecule is CC(C)COC[C@H](NC(=O)N(C)Cc1csc(C(C)C)n1)C(=O)N[C@H](CC[C@H](Cc1ccccc1)NC(=O)OCc1nccs1)Cc1ccccc1. The van der Waals surface area contributed by atoms with Gasteiger partial charge in [0.2, 0.25) is 5.91 Å². The summed E-state index contributed by atoms with van der Waals surface area (Å²) in [5.41, 5.74) is 2.93. The van der Waals surface area contributed by atoms with Gasteiger partial charge in [-0.15, -0.1) is 22.7 Å². The second-order valence-corrected chi connectivity index (χ2v) is 15.5. The van der Waals surface area contributed by atoms with E-state index in [1.54, 1.807) is 24.6 Å². The van der Waals surface area contributed by atoms with Gasteiger partial charge in [-0.1, -0.05) is 88.4 Å². The van der Waals surface area contributed by atoms with E-state index in [-0.39, 0.29) is 37.1 Å². The third-order valence-electron chi connectivity index (χ3n) is 8.15. The highest BCUT2D eigenvalue weighted by Crippen LogP contribution is 2.20. The van der Waals surface area contributed by atoms with Crippen LogP contribution in [0.1, 0.15) is 73.3 Å². The molecule has 3 atom stereocenters. The van der Waals surface area contributed by atoms with Gasteiger partial charge in [0.25, 0.3) is 0 Å². The molecule has 0 bridgehead atoms. The van der Waals surface area contributed by atoms with Crippen molar-refractivity contribution in [2.45, 2.75) is 90.6 Å². The first-order valence-electron chi connectivity index (χ1n) is 17.8. The van der Waals surface area contributed by atoms with Gasteiger partial charge in [-0.05, 0) is 42.7 Å². The van der Waals surface area contributed by atoms with E-state index in [9.17, 15) is 14.4 Å². The third-order valence-corrected chi connectivity index (χ3v) is 10.1. The van der Waals surface area contributed by atoms with Crippen LogP contribution in [0.2, 0.25) is 0 Å². The van der Waals surface area contributed by atoms with E-state index in [0.717, 1.165) is 21.8 Å². The lowest BCUT2D eigenvalue weighted by atomic mass is 9.96. The van der Waals surface area contributed by atoms with Crippen molar-refractivity contribution in [3.63, 3.8) is 0 Å². The first-order valence-corrected chi connectivity index (χ1v) is 19.5. The molecule has 2 heterocycles. The van der Waals surface area contributed by atoms with Gasteiger partial charge in [-0.25, -0.2) is 19.6 Å². The minimum atomic E-state index is -0.923. The summed E-state index contributed by atoms with van der Waals surface area (Å²) < 4.78 is 11.4. The van der Waals surface area contributed by atoms with Crippen molar-refractivity contribution in [1.29, 1.82) is 0 Å². The smallest absolute Gasteiger partial charge is 0.407 e. The molecule has 3 N–H and O–H groups in total. The molecule has 11 nitrogen and oxygen atoms in total. The Morgan fingerprint density at radius 3 is 2.02 bits per heavy atom. The maximum Gasteiger partial charge on any atom is 0.407 e. The molecule has 4 rings (SSSR count). The molecule has 0 aliphatic carbocycles. The van der Waals surface area contributed by atoms with Crippen LogP contribution in [-0.4, -0.2) is 71.3 Å². The van der Waals surface area contributed by atoms with Crippen molar-refractivity contribution in [2.24, 2.45) is 5.92 Å². The van der Waals surface area contributed by atoms with Gasteiger partial charge in [0.05, 0.1) is 23.9 Å². The fourth-order valence-electron chi connectivity index (χ4n) is 5.45. The van der Waals surface area contributed by atoms with Crippen molar-refractivity contribution in [3.05, 3.63) is 104 Å². The molecule has 13 heteroatoms. The number of carbonyl (C=O) groups is 3. The summed E-state index contributed by atoms with van der Waals surface area (Å²) in [6.07, 6.45) is 3.43. The van der Waals surface area contributed by atoms with Gasteiger partial charge >= 0.3 is 12.1 Å². The molecular formula is C39H52N6O5S2. The Morgan fingerprint density at radius 1 is 0.827 bits per heavy atom. The van der Waals surface area contributed by atoms with Gasteiger partial charge in [0.15, 0.2) is 0 Å². The Hall–Kier alpha value is -4.33. The lowest BCUT2D eigenvalue weighted by Gasteiger charge is -2.27. The summed E-state index contributed by atoms with van der Waals surface area (Å²) in [6.45, 7) is 9.13. The summed E-state index contributed by atoms with van der Waals surface area (Å²) >= 11 is 3.00. The van der Waals surface area contributed by atoms with Gasteiger partial charge in [0, 0.05) is 48.6 Å². The quantitative estimate of drug-likeness (QED) is 0.0891. The van der Waals surface area contributed by atoms with Crippen molar-refractivity contribution < 1.29 is 23.9 Å². The van der Waals surface area contributed by atoms with Gasteiger partial charge < -0.3 is 30.3 Å². The largest absolute Gasteiger partial charge is 0.442 e. The second kappa shape index (κ2) is 21.3. The lowest BCUT2D eigenvalue weighted by molar-refractivity contribution is -0.125. The lowest BCUT2D eigenvalue weighted by Crippen LogP contribution is -2.54. The molecular weight excluding hydrogens is 697 g/mol. The molecule has 0 aliphatic heterocycles. The summed E-state index contributed by atoms with van der Waals surface area (Å²) in [6, 6.07) is 18.0. The highest BCUT2D eigenvalue weighted by atomic mass is 32.1. The zero-order valence-corrected chi connectivity index (χ0v) is 32.4. The van der Waals surface area contributed by atoms with Crippen LogP contribution in [0.5, 0.6) is 0 Å². The molecule has 2 aromatic carbocycles. The van der Waals surface area contributed by atoms with E-state index in [0.29, 0.717) is 49.8 Å². The normalized spacial score (nSPS) is 13.0. The molecule has 0 aliphatic rings. The number of hydrogen-bond acceptors (Lipinski definition) is 9. The number of urea groups is 1. The predicted octanol–water partition coefficient (Wildman–Crippen LogP) is 6.95. The molecule has 0 saturated carbocycles. The van der Waals surface area contributed by atoms with Crippen LogP contribution < -0.4 is 16.0 Å². The number of rotatable bonds is 20. The average molecular weight is 749 g/mol. The number of nitrogens with one attached hydrogen (secondary N) is 3. The molecule has 280 valence electrons. The zero-order chi connectivity index (χ0) is 37.3. The summed E-state index contributed by atoms with van der Waals surface area (Å²) in [4.78, 5) is 50.7. The monoisotopic (exact) mass is 748 g/mol. The molecule has 4 amide bonds. The van der Waals surface area contributed by atoms with Crippen LogP contribution in [0.25, 0.3) is 0 Å². The van der Waals surface area contributed by atoms with Crippen LogP contribution in [0, 0.1) is 5.92 Å². The van der Waals surface area contributed by atoms with Crippen molar-refractivity contribution >= 4 is 40.7 Å². The standard InChI is InChI=1S/C39H52N6O5S2/c1-27(2)23-49-24-34(44-38(47)45(5)22-33-26-52-37(42-33)28(3)4)36(46)41-31(20-29-12-8-6-9-13-29)16-17-32(21-30-14-10-7-11-15-30)43-39(48)50-25-35-40-18-19-51-35/h6-15,18-19,26-28,31-32,34H,16-17,20-25H2,1-5H3,(H,41,46)(H,43,48)(H,44,47)/t31-,32-,34+/m1/s1. The fourth-order valence-corrected chi connectivity index (χ4v) is 6.80. The Kier molecular flexibility index (Phi) is 16.5. The third kappa shape index (κ3) is 14.4. The second-order valence-electron chi connectivity index (χ2n) is 13.6. The Bertz CT molecular complexity index is 1640. The first-order chi connectivity index (χ1) is 25.0. The molecule has 4 aromatic rings. The maximum absolute atomic E-state index is 14.0. The summed E-state index contributed by atoms with van der Waals surface area (Å²) in [7, 11) is 1.69. The predicted molar refractivity (Wildman–Crippen MR) is 206 cm³/mol. The fraction of sp³-hybridized carbons (Fsp3) is 0.462. The molecule has 52 heavy (non-hydrogen) atoms. The van der Waals surface area contributed by atoms with E-state index in [1.165, 1.54) is 16.2 Å². The Morgan fingerprint density at radius 2 is 1.46 bits per heavy atom. The van der Waals surface area contributed by atoms with E-state index in [2.05, 4.69) is 39.8 Å². The summed E-state index contributed by atoms with van der Waals surface area (Å²) in [5, 5.41) is 14.7. The van der Waals surface area contributed by atoms with Gasteiger partial charge in [-0.3, -0.25) is 4.79 Å². The number of nitrogens with zero attached hydrogens (tertiary/aromatic N) is 3. The van der Waals surface area contributed by atoms with Crippen molar-refractivity contribution in [2.75, 3.05) is 20.3 Å². The summed E-state index contributed by atoms with van der Waals surface area (Å²) in [5.74, 6) is 0.229. The Balaban J connectivity index is 1.46. The Labute approximate surface area is 315 Å². The number of amides is 4. The van der Waals surface area contributed by atoms with Crippen molar-refractivity contribution in [1.82, 2.24) is 30.8 Å². The molecule has 0 unspecified atom stereocenters. The molecule has 0 fully saturated rings. The number of aromatic nitrogens is 2. The number of benzene rings is 2. The van der Waals surface area contributed by atoms with E-state index >= 15 is 0 Å². The van der Waals surface area contributed by atoms with Gasteiger partial charge in [0.1, 0.15) is 17.7 Å². The number of alkyl carbamates (subject to hydrolysis) is 1. The minimum absolute atomic E-state index is 0.0268. The molecule has 0 radical (unpaired) electrons. The molecule has 0 spiro atoms. The number of thiazole rings is 2. The first kappa shape index (κ1) is 40.4. The average Bonchev–Trinajstić information content (AvgIpc) is 3.83. The minimum Gasteiger partial charge on any atom is -0.442 e. The zero-order valence-electron chi connectivity index (χ0n) is 30.7. The number of hydrogen-bond donors (Lipinski definition) is 3. The van der Waals surface area contributed by atoms with E-state index in [4.69, 9.17) is 9.47 Å². The van der Waals surface area contributed by atoms with Crippen LogP contribution in [0.4, 0.5) is 9.59 Å². The molecule has 0 saturated heterocycles.